The molecule has 0 unspecified atom stereocenters. The summed E-state index contributed by atoms with van der Waals surface area (Å²) < 4.78 is 9.67. The molecule has 0 amide bonds. The number of carbonyl (C=O) groups is 2. The predicted octanol–water partition coefficient (Wildman–Crippen LogP) is 1.97. The maximum atomic E-state index is 10.9. The van der Waals surface area contributed by atoms with Gasteiger partial charge >= 0.3 is 11.9 Å². The average molecular weight is 392 g/mol. The summed E-state index contributed by atoms with van der Waals surface area (Å²) in [5.74, 6) is -0.878. The van der Waals surface area contributed by atoms with Crippen molar-refractivity contribution >= 4 is 11.9 Å². The van der Waals surface area contributed by atoms with Gasteiger partial charge in [0.05, 0.1) is 13.2 Å². The molecule has 0 aromatic heterocycles. The number of hydrogen-bond acceptors (Lipinski definition) is 8. The lowest BCUT2D eigenvalue weighted by atomic mass is 10.1. The molecule has 0 spiro atoms. The van der Waals surface area contributed by atoms with Crippen molar-refractivity contribution in [3.8, 4) is 0 Å². The molecule has 1 aromatic carbocycles. The molecular weight excluding hydrogens is 364 g/mol. The van der Waals surface area contributed by atoms with E-state index < -0.39 is 11.9 Å². The normalized spacial score (nSPS) is 10.3. The van der Waals surface area contributed by atoms with E-state index in [0.717, 1.165) is 36.1 Å². The van der Waals surface area contributed by atoms with E-state index in [2.05, 4.69) is 24.1 Å². The van der Waals surface area contributed by atoms with Crippen LogP contribution in [-0.4, -0.2) is 38.4 Å². The van der Waals surface area contributed by atoms with Crippen LogP contribution in [0.3, 0.4) is 0 Å². The van der Waals surface area contributed by atoms with Gasteiger partial charge in [-0.25, -0.2) is 9.59 Å². The van der Waals surface area contributed by atoms with Crippen molar-refractivity contribution in [2.45, 2.75) is 25.9 Å². The fraction of sp³-hybridized carbons (Fsp3) is 0.400. The third-order valence-electron chi connectivity index (χ3n) is 3.40. The van der Waals surface area contributed by atoms with Crippen molar-refractivity contribution < 1.29 is 28.7 Å². The van der Waals surface area contributed by atoms with Crippen LogP contribution >= 0.6 is 0 Å². The molecule has 0 fully saturated rings. The Morgan fingerprint density at radius 2 is 1.36 bits per heavy atom. The van der Waals surface area contributed by atoms with Crippen molar-refractivity contribution in [2.24, 2.45) is 0 Å². The molecule has 0 radical (unpaired) electrons. The second-order valence-corrected chi connectivity index (χ2v) is 5.61. The van der Waals surface area contributed by atoms with Gasteiger partial charge in [-0.1, -0.05) is 37.4 Å². The molecule has 0 atom stereocenters. The van der Waals surface area contributed by atoms with Crippen molar-refractivity contribution in [2.75, 3.05) is 26.4 Å². The molecule has 0 aliphatic heterocycles. The molecule has 154 valence electrons. The standard InChI is InChI=1S/C20H28N2O6/c1-3-19(23)25-10-5-6-11-27-21-15-17-8-7-9-18(14-17)16-22-28-13-12-26-20(24)4-2/h3-4,7-9,14,21-22H,1-2,5-6,10-13,15-16H2. The first-order valence-electron chi connectivity index (χ1n) is 9.01. The molecule has 0 aliphatic carbocycles. The highest BCUT2D eigenvalue weighted by atomic mass is 16.7. The zero-order valence-corrected chi connectivity index (χ0v) is 16.0. The predicted molar refractivity (Wildman–Crippen MR) is 104 cm³/mol. The first-order chi connectivity index (χ1) is 13.7. The Balaban J connectivity index is 2.08. The van der Waals surface area contributed by atoms with E-state index in [1.54, 1.807) is 0 Å². The number of nitrogens with one attached hydrogen (secondary N) is 2. The molecule has 0 heterocycles. The maximum Gasteiger partial charge on any atom is 0.330 e. The second kappa shape index (κ2) is 15.5. The summed E-state index contributed by atoms with van der Waals surface area (Å²) in [6.45, 7) is 9.03. The Bertz CT molecular complexity index is 620. The zero-order chi connectivity index (χ0) is 20.5. The van der Waals surface area contributed by atoms with E-state index in [-0.39, 0.29) is 13.2 Å². The molecule has 28 heavy (non-hydrogen) atoms. The summed E-state index contributed by atoms with van der Waals surface area (Å²) in [6.07, 6.45) is 3.77. The Labute approximate surface area is 165 Å². The van der Waals surface area contributed by atoms with E-state index >= 15 is 0 Å². The van der Waals surface area contributed by atoms with Crippen LogP contribution in [0.2, 0.25) is 0 Å². The summed E-state index contributed by atoms with van der Waals surface area (Å²) in [6, 6.07) is 7.94. The van der Waals surface area contributed by atoms with E-state index in [0.29, 0.717) is 26.3 Å². The van der Waals surface area contributed by atoms with Gasteiger partial charge in [0, 0.05) is 25.2 Å². The van der Waals surface area contributed by atoms with Crippen LogP contribution in [-0.2, 0) is 41.8 Å². The number of hydroxylamine groups is 2. The van der Waals surface area contributed by atoms with Crippen molar-refractivity contribution in [1.29, 1.82) is 0 Å². The Morgan fingerprint density at radius 3 is 1.96 bits per heavy atom. The van der Waals surface area contributed by atoms with Gasteiger partial charge in [-0.15, -0.1) is 0 Å². The molecule has 0 bridgehead atoms. The van der Waals surface area contributed by atoms with Crippen molar-refractivity contribution in [3.63, 3.8) is 0 Å². The van der Waals surface area contributed by atoms with Gasteiger partial charge in [0.1, 0.15) is 13.2 Å². The van der Waals surface area contributed by atoms with Crippen LogP contribution < -0.4 is 11.0 Å². The quantitative estimate of drug-likeness (QED) is 0.191. The SMILES string of the molecule is C=CC(=O)OCCCCONCc1cccc(CNOCCOC(=O)C=C)c1. The van der Waals surface area contributed by atoms with Crippen LogP contribution in [0.5, 0.6) is 0 Å². The third-order valence-corrected chi connectivity index (χ3v) is 3.40. The molecule has 1 rings (SSSR count). The van der Waals surface area contributed by atoms with Crippen LogP contribution in [0.4, 0.5) is 0 Å². The van der Waals surface area contributed by atoms with Gasteiger partial charge in [-0.2, -0.15) is 11.0 Å². The Morgan fingerprint density at radius 1 is 0.821 bits per heavy atom. The molecule has 0 saturated carbocycles. The highest BCUT2D eigenvalue weighted by Crippen LogP contribution is 2.05. The Kier molecular flexibility index (Phi) is 13.0. The number of hydrogen-bond donors (Lipinski definition) is 2. The summed E-state index contributed by atoms with van der Waals surface area (Å²) in [4.78, 5) is 32.3. The summed E-state index contributed by atoms with van der Waals surface area (Å²) in [5.41, 5.74) is 7.84. The van der Waals surface area contributed by atoms with Crippen molar-refractivity contribution in [1.82, 2.24) is 11.0 Å². The van der Waals surface area contributed by atoms with Crippen LogP contribution in [0, 0.1) is 0 Å². The second-order valence-electron chi connectivity index (χ2n) is 5.61. The van der Waals surface area contributed by atoms with E-state index in [9.17, 15) is 9.59 Å². The molecule has 1 aromatic rings. The minimum absolute atomic E-state index is 0.163. The number of ether oxygens (including phenoxy) is 2. The fourth-order valence-corrected chi connectivity index (χ4v) is 2.01. The van der Waals surface area contributed by atoms with Crippen LogP contribution in [0.1, 0.15) is 24.0 Å². The monoisotopic (exact) mass is 392 g/mol. The van der Waals surface area contributed by atoms with Crippen LogP contribution in [0.15, 0.2) is 49.6 Å². The fourth-order valence-electron chi connectivity index (χ4n) is 2.01. The largest absolute Gasteiger partial charge is 0.463 e. The smallest absolute Gasteiger partial charge is 0.330 e. The number of carbonyl (C=O) groups excluding carboxylic acids is 2. The zero-order valence-electron chi connectivity index (χ0n) is 16.0. The minimum atomic E-state index is -0.470. The number of benzene rings is 1. The van der Waals surface area contributed by atoms with Gasteiger partial charge < -0.3 is 14.3 Å². The summed E-state index contributed by atoms with van der Waals surface area (Å²) >= 11 is 0. The molecule has 0 saturated heterocycles. The maximum absolute atomic E-state index is 10.9. The first kappa shape index (κ1) is 23.5. The highest BCUT2D eigenvalue weighted by Gasteiger charge is 1.99. The number of rotatable bonds is 16. The molecule has 8 nitrogen and oxygen atoms in total. The van der Waals surface area contributed by atoms with Gasteiger partial charge in [-0.05, 0) is 24.0 Å². The molecule has 0 aliphatic rings. The first-order valence-corrected chi connectivity index (χ1v) is 9.01. The highest BCUT2D eigenvalue weighted by molar-refractivity contribution is 5.81. The van der Waals surface area contributed by atoms with Gasteiger partial charge in [-0.3, -0.25) is 4.84 Å². The lowest BCUT2D eigenvalue weighted by Crippen LogP contribution is -2.19. The lowest BCUT2D eigenvalue weighted by Gasteiger charge is -2.09. The molecular formula is C20H28N2O6. The topological polar surface area (TPSA) is 95.1 Å². The molecule has 2 N–H and O–H groups in total. The van der Waals surface area contributed by atoms with E-state index in [1.165, 1.54) is 0 Å². The minimum Gasteiger partial charge on any atom is -0.463 e. The van der Waals surface area contributed by atoms with Gasteiger partial charge in [0.25, 0.3) is 0 Å². The van der Waals surface area contributed by atoms with Gasteiger partial charge in [0.2, 0.25) is 0 Å². The van der Waals surface area contributed by atoms with Crippen LogP contribution in [0.25, 0.3) is 0 Å². The summed E-state index contributed by atoms with van der Waals surface area (Å²) in [7, 11) is 0. The average Bonchev–Trinajstić information content (AvgIpc) is 2.72. The Hall–Kier alpha value is -2.52. The summed E-state index contributed by atoms with van der Waals surface area (Å²) in [5, 5.41) is 0. The van der Waals surface area contributed by atoms with Gasteiger partial charge in [0.15, 0.2) is 0 Å². The third kappa shape index (κ3) is 12.0. The van der Waals surface area contributed by atoms with Crippen molar-refractivity contribution in [3.05, 3.63) is 60.7 Å². The number of unbranched alkanes of at least 4 members (excludes halogenated alkanes) is 1. The lowest BCUT2D eigenvalue weighted by molar-refractivity contribution is -0.140. The van der Waals surface area contributed by atoms with E-state index in [1.807, 2.05) is 24.3 Å². The van der Waals surface area contributed by atoms with E-state index in [4.69, 9.17) is 19.1 Å². The number of esters is 2. The molecule has 8 heteroatoms.